The van der Waals surface area contributed by atoms with Gasteiger partial charge >= 0.3 is 0 Å². The molecule has 0 aromatic heterocycles. The zero-order valence-corrected chi connectivity index (χ0v) is 18.6. The number of aliphatic hydroxyl groups is 1. The number of allylic oxidation sites excluding steroid dienone is 1. The molecule has 31 heavy (non-hydrogen) atoms. The van der Waals surface area contributed by atoms with E-state index in [1.807, 2.05) is 68.6 Å². The number of amides is 1. The molecule has 4 N–H and O–H groups in total. The van der Waals surface area contributed by atoms with Crippen LogP contribution in [-0.4, -0.2) is 48.1 Å². The van der Waals surface area contributed by atoms with Gasteiger partial charge in [0, 0.05) is 37.4 Å². The quantitative estimate of drug-likeness (QED) is 0.474. The Morgan fingerprint density at radius 2 is 1.87 bits per heavy atom. The minimum atomic E-state index is -0.519. The lowest BCUT2D eigenvalue weighted by atomic mass is 10.0. The molecule has 1 heterocycles. The first-order chi connectivity index (χ1) is 15.0. The second kappa shape index (κ2) is 11.1. The summed E-state index contributed by atoms with van der Waals surface area (Å²) >= 11 is 0. The molecule has 0 bridgehead atoms. The van der Waals surface area contributed by atoms with Crippen LogP contribution in [0.2, 0.25) is 0 Å². The maximum absolute atomic E-state index is 12.7. The molecule has 6 heteroatoms. The summed E-state index contributed by atoms with van der Waals surface area (Å²) in [7, 11) is 1.83. The van der Waals surface area contributed by atoms with Crippen molar-refractivity contribution in [3.8, 4) is 0 Å². The lowest BCUT2D eigenvalue weighted by Gasteiger charge is -2.21. The zero-order valence-electron chi connectivity index (χ0n) is 18.6. The van der Waals surface area contributed by atoms with Gasteiger partial charge in [0.15, 0.2) is 0 Å². The normalized spacial score (nSPS) is 17.5. The lowest BCUT2D eigenvalue weighted by Crippen LogP contribution is -2.41. The Kier molecular flexibility index (Phi) is 8.23. The van der Waals surface area contributed by atoms with Crippen LogP contribution in [0.4, 0.5) is 0 Å². The van der Waals surface area contributed by atoms with Gasteiger partial charge in [-0.3, -0.25) is 4.79 Å². The fraction of sp³-hybridized carbons (Fsp3) is 0.400. The van der Waals surface area contributed by atoms with Crippen LogP contribution in [0.1, 0.15) is 47.9 Å². The number of carbonyl (C=O) groups excluding carboxylic acids is 1. The molecular formula is C25H34N4O2. The molecule has 0 fully saturated rings. The number of likely N-dealkylation sites (N-methyl/N-ethyl adjacent to an activating group) is 1. The molecular weight excluding hydrogens is 388 g/mol. The standard InChI is InChI=1S/C25H34N4O2/c1-4-22(26-16-24(30)20-8-6-5-7-9-20)15-19-10-12-21(13-11-19)25(31)29(3)17-23-14-18(2)27-28-23/h5-14,22-24,26-28,30H,4,15-17H2,1-3H3/t22-,23?,24-/m0/s1. The summed E-state index contributed by atoms with van der Waals surface area (Å²) < 4.78 is 0. The molecule has 6 nitrogen and oxygen atoms in total. The average Bonchev–Trinajstić information content (AvgIpc) is 3.21. The van der Waals surface area contributed by atoms with Crippen molar-refractivity contribution >= 4 is 5.91 Å². The van der Waals surface area contributed by atoms with Crippen LogP contribution < -0.4 is 16.2 Å². The second-order valence-electron chi connectivity index (χ2n) is 8.25. The summed E-state index contributed by atoms with van der Waals surface area (Å²) in [6.07, 6.45) is 3.37. The summed E-state index contributed by atoms with van der Waals surface area (Å²) in [5.41, 5.74) is 10.1. The molecule has 0 radical (unpaired) electrons. The summed E-state index contributed by atoms with van der Waals surface area (Å²) in [6, 6.07) is 18.0. The topological polar surface area (TPSA) is 76.6 Å². The van der Waals surface area contributed by atoms with Crippen molar-refractivity contribution in [3.63, 3.8) is 0 Å². The van der Waals surface area contributed by atoms with Crippen LogP contribution in [0.25, 0.3) is 0 Å². The van der Waals surface area contributed by atoms with E-state index in [0.717, 1.165) is 24.1 Å². The van der Waals surface area contributed by atoms with Crippen molar-refractivity contribution < 1.29 is 9.90 Å². The third-order valence-corrected chi connectivity index (χ3v) is 5.68. The molecule has 1 aliphatic heterocycles. The number of nitrogens with one attached hydrogen (secondary N) is 3. The van der Waals surface area contributed by atoms with Crippen molar-refractivity contribution in [2.24, 2.45) is 0 Å². The van der Waals surface area contributed by atoms with E-state index >= 15 is 0 Å². The highest BCUT2D eigenvalue weighted by Crippen LogP contribution is 2.14. The number of hydrazine groups is 1. The van der Waals surface area contributed by atoms with Crippen molar-refractivity contribution in [2.45, 2.75) is 44.9 Å². The van der Waals surface area contributed by atoms with Gasteiger partial charge in [0.1, 0.15) is 0 Å². The minimum absolute atomic E-state index is 0.0162. The van der Waals surface area contributed by atoms with Crippen LogP contribution in [0.5, 0.6) is 0 Å². The first-order valence-electron chi connectivity index (χ1n) is 11.0. The van der Waals surface area contributed by atoms with Crippen molar-refractivity contribution in [1.29, 1.82) is 0 Å². The van der Waals surface area contributed by atoms with Crippen molar-refractivity contribution in [2.75, 3.05) is 20.1 Å². The minimum Gasteiger partial charge on any atom is -0.387 e. The third kappa shape index (κ3) is 6.66. The van der Waals surface area contributed by atoms with E-state index in [2.05, 4.69) is 29.2 Å². The number of aliphatic hydroxyl groups excluding tert-OH is 1. The Hall–Kier alpha value is -2.67. The summed E-state index contributed by atoms with van der Waals surface area (Å²) in [6.45, 7) is 5.26. The average molecular weight is 423 g/mol. The first-order valence-corrected chi connectivity index (χ1v) is 11.0. The van der Waals surface area contributed by atoms with Crippen LogP contribution in [-0.2, 0) is 6.42 Å². The Morgan fingerprint density at radius 1 is 1.16 bits per heavy atom. The van der Waals surface area contributed by atoms with Gasteiger partial charge in [-0.1, -0.05) is 49.4 Å². The van der Waals surface area contributed by atoms with Crippen LogP contribution in [0, 0.1) is 0 Å². The molecule has 1 unspecified atom stereocenters. The Morgan fingerprint density at radius 3 is 2.48 bits per heavy atom. The molecule has 0 aliphatic carbocycles. The molecule has 0 spiro atoms. The number of hydrogen-bond acceptors (Lipinski definition) is 5. The van der Waals surface area contributed by atoms with Gasteiger partial charge in [-0.2, -0.15) is 0 Å². The second-order valence-corrected chi connectivity index (χ2v) is 8.25. The Bertz CT molecular complexity index is 867. The first kappa shape index (κ1) is 23.0. The highest BCUT2D eigenvalue weighted by atomic mass is 16.3. The number of benzene rings is 2. The maximum Gasteiger partial charge on any atom is 0.253 e. The summed E-state index contributed by atoms with van der Waals surface area (Å²) in [5.74, 6) is 0.0162. The number of hydrogen-bond donors (Lipinski definition) is 4. The monoisotopic (exact) mass is 422 g/mol. The molecule has 2 aromatic carbocycles. The van der Waals surface area contributed by atoms with E-state index in [-0.39, 0.29) is 18.0 Å². The van der Waals surface area contributed by atoms with Gasteiger partial charge in [-0.15, -0.1) is 0 Å². The summed E-state index contributed by atoms with van der Waals surface area (Å²) in [5, 5.41) is 13.9. The van der Waals surface area contributed by atoms with Crippen molar-refractivity contribution in [3.05, 3.63) is 83.1 Å². The molecule has 0 saturated heterocycles. The van der Waals surface area contributed by atoms with Crippen LogP contribution in [0.15, 0.2) is 66.4 Å². The molecule has 166 valence electrons. The molecule has 1 aliphatic rings. The number of rotatable bonds is 10. The van der Waals surface area contributed by atoms with Crippen molar-refractivity contribution in [1.82, 2.24) is 21.1 Å². The molecule has 0 saturated carbocycles. The zero-order chi connectivity index (χ0) is 22.2. The predicted octanol–water partition coefficient (Wildman–Crippen LogP) is 2.78. The number of carbonyl (C=O) groups is 1. The third-order valence-electron chi connectivity index (χ3n) is 5.68. The molecule has 3 atom stereocenters. The highest BCUT2D eigenvalue weighted by Gasteiger charge is 2.19. The van der Waals surface area contributed by atoms with E-state index in [4.69, 9.17) is 0 Å². The van der Waals surface area contributed by atoms with Gasteiger partial charge in [0.2, 0.25) is 0 Å². The fourth-order valence-corrected chi connectivity index (χ4v) is 3.79. The van der Waals surface area contributed by atoms with Gasteiger partial charge in [0.25, 0.3) is 5.91 Å². The van der Waals surface area contributed by atoms with E-state index < -0.39 is 6.10 Å². The van der Waals surface area contributed by atoms with Crippen LogP contribution >= 0.6 is 0 Å². The maximum atomic E-state index is 12.7. The van der Waals surface area contributed by atoms with E-state index in [9.17, 15) is 9.90 Å². The van der Waals surface area contributed by atoms with E-state index in [0.29, 0.717) is 18.7 Å². The molecule has 3 rings (SSSR count). The van der Waals surface area contributed by atoms with Gasteiger partial charge in [-0.05, 0) is 49.1 Å². The van der Waals surface area contributed by atoms with Crippen LogP contribution in [0.3, 0.4) is 0 Å². The highest BCUT2D eigenvalue weighted by molar-refractivity contribution is 5.94. The van der Waals surface area contributed by atoms with Gasteiger partial charge < -0.3 is 20.7 Å². The fourth-order valence-electron chi connectivity index (χ4n) is 3.79. The van der Waals surface area contributed by atoms with Gasteiger partial charge in [-0.25, -0.2) is 5.43 Å². The lowest BCUT2D eigenvalue weighted by molar-refractivity contribution is 0.0787. The SMILES string of the molecule is CC[C@@H](Cc1ccc(C(=O)N(C)CC2C=C(C)NN2)cc1)NC[C@H](O)c1ccccc1. The Labute approximate surface area is 185 Å². The largest absolute Gasteiger partial charge is 0.387 e. The molecule has 1 amide bonds. The predicted molar refractivity (Wildman–Crippen MR) is 124 cm³/mol. The van der Waals surface area contributed by atoms with E-state index in [1.165, 1.54) is 5.56 Å². The van der Waals surface area contributed by atoms with E-state index in [1.54, 1.807) is 4.90 Å². The smallest absolute Gasteiger partial charge is 0.253 e. The summed E-state index contributed by atoms with van der Waals surface area (Å²) in [4.78, 5) is 14.5. The molecule has 2 aromatic rings. The Balaban J connectivity index is 1.50. The van der Waals surface area contributed by atoms with Gasteiger partial charge in [0.05, 0.1) is 12.1 Å². The number of nitrogens with zero attached hydrogens (tertiary/aromatic N) is 1.